The number of carbonyl (C=O) groups is 1. The van der Waals surface area contributed by atoms with E-state index in [0.29, 0.717) is 12.8 Å². The highest BCUT2D eigenvalue weighted by Crippen LogP contribution is 2.39. The third-order valence-electron chi connectivity index (χ3n) is 7.94. The molecule has 31 heavy (non-hydrogen) atoms. The Morgan fingerprint density at radius 1 is 1.13 bits per heavy atom. The Morgan fingerprint density at radius 2 is 1.68 bits per heavy atom. The number of rotatable bonds is 2. The zero-order valence-corrected chi connectivity index (χ0v) is 21.0. The molecule has 0 amide bonds. The molecule has 1 fully saturated rings. The maximum Gasteiger partial charge on any atom is 0.311 e. The highest BCUT2D eigenvalue weighted by molar-refractivity contribution is 5.89. The van der Waals surface area contributed by atoms with Crippen LogP contribution in [0.2, 0.25) is 0 Å². The van der Waals surface area contributed by atoms with Crippen molar-refractivity contribution in [2.24, 2.45) is 34.6 Å². The van der Waals surface area contributed by atoms with Gasteiger partial charge in [-0.3, -0.25) is 9.79 Å². The van der Waals surface area contributed by atoms with Crippen molar-refractivity contribution in [1.82, 2.24) is 0 Å². The molecule has 1 heterocycles. The SMILES string of the molecule is CC[C@H]1OC(=O)[C@H](C)[C@@H](O)[C@H](C)[C@@H](C)[C@](C)(OC)C[C@@H](C)C(=NC)[C@H](C)C(O)[C@]1(C)O. The molecule has 1 aliphatic rings. The van der Waals surface area contributed by atoms with E-state index in [1.54, 1.807) is 28.0 Å². The molecule has 0 spiro atoms. The number of aliphatic hydroxyl groups excluding tert-OH is 2. The monoisotopic (exact) mass is 443 g/mol. The van der Waals surface area contributed by atoms with Crippen molar-refractivity contribution >= 4 is 11.7 Å². The molecule has 0 aliphatic carbocycles. The molecule has 0 aromatic rings. The smallest absolute Gasteiger partial charge is 0.311 e. The first-order valence-corrected chi connectivity index (χ1v) is 11.5. The van der Waals surface area contributed by atoms with E-state index < -0.39 is 47.3 Å². The molecule has 1 unspecified atom stereocenters. The molecular weight excluding hydrogens is 398 g/mol. The second-order valence-electron chi connectivity index (χ2n) is 9.99. The summed E-state index contributed by atoms with van der Waals surface area (Å²) in [7, 11) is 3.34. The number of hydrogen-bond acceptors (Lipinski definition) is 7. The lowest BCUT2D eigenvalue weighted by molar-refractivity contribution is -0.190. The summed E-state index contributed by atoms with van der Waals surface area (Å²) >= 11 is 0. The Morgan fingerprint density at radius 3 is 2.13 bits per heavy atom. The number of aliphatic imine (C=N–C) groups is 1. The van der Waals surface area contributed by atoms with Gasteiger partial charge in [0.05, 0.1) is 23.7 Å². The van der Waals surface area contributed by atoms with Crippen LogP contribution in [-0.2, 0) is 14.3 Å². The summed E-state index contributed by atoms with van der Waals surface area (Å²) in [5, 5.41) is 33.3. The van der Waals surface area contributed by atoms with Gasteiger partial charge in [-0.25, -0.2) is 0 Å². The second kappa shape index (κ2) is 10.7. The molecule has 182 valence electrons. The average Bonchev–Trinajstić information content (AvgIpc) is 2.73. The minimum Gasteiger partial charge on any atom is -0.459 e. The van der Waals surface area contributed by atoms with Gasteiger partial charge in [0.1, 0.15) is 11.7 Å². The van der Waals surface area contributed by atoms with Crippen LogP contribution in [0.25, 0.3) is 0 Å². The van der Waals surface area contributed by atoms with Gasteiger partial charge >= 0.3 is 5.97 Å². The van der Waals surface area contributed by atoms with E-state index in [0.717, 1.165) is 5.71 Å². The number of aliphatic hydroxyl groups is 3. The predicted octanol–water partition coefficient (Wildman–Crippen LogP) is 2.84. The van der Waals surface area contributed by atoms with E-state index in [1.807, 2.05) is 34.6 Å². The summed E-state index contributed by atoms with van der Waals surface area (Å²) in [6.45, 7) is 14.7. The molecular formula is C24H45NO6. The Balaban J connectivity index is 3.56. The molecule has 0 radical (unpaired) electrons. The third-order valence-corrected chi connectivity index (χ3v) is 7.94. The molecule has 0 aromatic carbocycles. The van der Waals surface area contributed by atoms with Crippen LogP contribution < -0.4 is 0 Å². The van der Waals surface area contributed by atoms with Crippen LogP contribution in [0.4, 0.5) is 0 Å². The quantitative estimate of drug-likeness (QED) is 0.566. The van der Waals surface area contributed by atoms with E-state index >= 15 is 0 Å². The second-order valence-corrected chi connectivity index (χ2v) is 9.99. The molecule has 1 saturated heterocycles. The lowest BCUT2D eigenvalue weighted by atomic mass is 9.70. The molecule has 1 rings (SSSR count). The normalized spacial score (nSPS) is 47.6. The number of cyclic esters (lactones) is 1. The first-order chi connectivity index (χ1) is 14.2. The van der Waals surface area contributed by atoms with Gasteiger partial charge < -0.3 is 24.8 Å². The Labute approximate surface area is 188 Å². The fourth-order valence-electron chi connectivity index (χ4n) is 5.21. The van der Waals surface area contributed by atoms with Crippen LogP contribution in [0.3, 0.4) is 0 Å². The Bertz CT molecular complexity index is 636. The van der Waals surface area contributed by atoms with Gasteiger partial charge in [0.15, 0.2) is 0 Å². The van der Waals surface area contributed by atoms with Gasteiger partial charge in [-0.2, -0.15) is 0 Å². The van der Waals surface area contributed by atoms with Gasteiger partial charge in [0.2, 0.25) is 0 Å². The summed E-state index contributed by atoms with van der Waals surface area (Å²) in [4.78, 5) is 17.3. The van der Waals surface area contributed by atoms with Gasteiger partial charge in [-0.05, 0) is 51.4 Å². The van der Waals surface area contributed by atoms with Crippen molar-refractivity contribution < 1.29 is 29.6 Å². The number of esters is 1. The highest BCUT2D eigenvalue weighted by Gasteiger charge is 2.48. The van der Waals surface area contributed by atoms with Crippen molar-refractivity contribution in [3.8, 4) is 0 Å². The molecule has 3 N–H and O–H groups in total. The maximum atomic E-state index is 12.9. The van der Waals surface area contributed by atoms with Crippen molar-refractivity contribution in [3.63, 3.8) is 0 Å². The first-order valence-electron chi connectivity index (χ1n) is 11.5. The molecule has 1 aliphatic heterocycles. The summed E-state index contributed by atoms with van der Waals surface area (Å²) in [5.74, 6) is -2.18. The van der Waals surface area contributed by atoms with Crippen LogP contribution in [-0.4, -0.2) is 70.7 Å². The van der Waals surface area contributed by atoms with Gasteiger partial charge in [0, 0.05) is 25.8 Å². The zero-order chi connectivity index (χ0) is 24.3. The molecule has 7 heteroatoms. The zero-order valence-electron chi connectivity index (χ0n) is 21.0. The fourth-order valence-corrected chi connectivity index (χ4v) is 5.21. The third kappa shape index (κ3) is 5.67. The maximum absolute atomic E-state index is 12.9. The van der Waals surface area contributed by atoms with E-state index in [9.17, 15) is 20.1 Å². The van der Waals surface area contributed by atoms with Crippen LogP contribution in [0.1, 0.15) is 68.2 Å². The van der Waals surface area contributed by atoms with Gasteiger partial charge in [-0.1, -0.05) is 34.6 Å². The number of ether oxygens (including phenoxy) is 2. The summed E-state index contributed by atoms with van der Waals surface area (Å²) < 4.78 is 11.6. The minimum atomic E-state index is -1.68. The van der Waals surface area contributed by atoms with Gasteiger partial charge in [0.25, 0.3) is 0 Å². The molecule has 0 aromatic heterocycles. The fraction of sp³-hybridized carbons (Fsp3) is 0.917. The van der Waals surface area contributed by atoms with Crippen molar-refractivity contribution in [2.75, 3.05) is 14.2 Å². The largest absolute Gasteiger partial charge is 0.459 e. The van der Waals surface area contributed by atoms with E-state index in [2.05, 4.69) is 4.99 Å². The number of nitrogens with zero attached hydrogens (tertiary/aromatic N) is 1. The molecule has 0 saturated carbocycles. The molecule has 7 nitrogen and oxygen atoms in total. The number of carbonyl (C=O) groups excluding carboxylic acids is 1. The number of methoxy groups -OCH3 is 1. The van der Waals surface area contributed by atoms with Crippen molar-refractivity contribution in [2.45, 2.75) is 97.7 Å². The van der Waals surface area contributed by atoms with Crippen LogP contribution in [0, 0.1) is 29.6 Å². The topological polar surface area (TPSA) is 109 Å². The molecule has 0 bridgehead atoms. The van der Waals surface area contributed by atoms with E-state index in [-0.39, 0.29) is 17.8 Å². The van der Waals surface area contributed by atoms with Gasteiger partial charge in [-0.15, -0.1) is 0 Å². The lowest BCUT2D eigenvalue weighted by Crippen LogP contribution is -2.56. The average molecular weight is 444 g/mol. The summed E-state index contributed by atoms with van der Waals surface area (Å²) in [6, 6.07) is 0. The standard InChI is InChI=1S/C24H45NO6/c1-11-18-24(8,29)21(27)15(4)19(25-9)13(2)12-23(7,30-10)17(6)14(3)20(26)16(5)22(28)31-18/h13-18,20-21,26-27,29H,11-12H2,1-10H3/t13-,14-,15+,16-,17-,18-,20+,21?,23-,24-/m1/s1. The summed E-state index contributed by atoms with van der Waals surface area (Å²) in [5.41, 5.74) is -1.51. The van der Waals surface area contributed by atoms with Crippen LogP contribution >= 0.6 is 0 Å². The highest BCUT2D eigenvalue weighted by atomic mass is 16.6. The summed E-state index contributed by atoms with van der Waals surface area (Å²) in [6.07, 6.45) is -2.11. The Hall–Kier alpha value is -1.02. The predicted molar refractivity (Wildman–Crippen MR) is 122 cm³/mol. The van der Waals surface area contributed by atoms with Crippen molar-refractivity contribution in [3.05, 3.63) is 0 Å². The first kappa shape index (κ1) is 28.0. The van der Waals surface area contributed by atoms with Crippen LogP contribution in [0.5, 0.6) is 0 Å². The number of hydrogen-bond donors (Lipinski definition) is 3. The minimum absolute atomic E-state index is 0.0369. The van der Waals surface area contributed by atoms with E-state index in [1.165, 1.54) is 6.92 Å². The molecule has 10 atom stereocenters. The van der Waals surface area contributed by atoms with Crippen LogP contribution in [0.15, 0.2) is 4.99 Å². The van der Waals surface area contributed by atoms with E-state index in [4.69, 9.17) is 9.47 Å². The Kier molecular flexibility index (Phi) is 9.70. The lowest BCUT2D eigenvalue weighted by Gasteiger charge is -2.44. The van der Waals surface area contributed by atoms with Crippen molar-refractivity contribution in [1.29, 1.82) is 0 Å².